The Morgan fingerprint density at radius 2 is 2.09 bits per heavy atom. The molecule has 2 aromatic heterocycles. The third-order valence-corrected chi connectivity index (χ3v) is 5.73. The lowest BCUT2D eigenvalue weighted by molar-refractivity contribution is 0.0939. The SMILES string of the molecule is Cc1nnn(-c2c(F)cccc2CNC(=O)c2nc3n(c(=O)c2O)CCOCC3(C)C)c1C. The van der Waals surface area contributed by atoms with Crippen LogP contribution in [0.3, 0.4) is 0 Å². The Hall–Kier alpha value is -3.60. The Balaban J connectivity index is 1.67. The van der Waals surface area contributed by atoms with Gasteiger partial charge < -0.3 is 15.2 Å². The lowest BCUT2D eigenvalue weighted by atomic mass is 9.93. The molecule has 0 bridgehead atoms. The van der Waals surface area contributed by atoms with Crippen LogP contribution in [0, 0.1) is 19.7 Å². The van der Waals surface area contributed by atoms with Gasteiger partial charge in [0, 0.05) is 17.5 Å². The first-order chi connectivity index (χ1) is 15.6. The van der Waals surface area contributed by atoms with E-state index in [1.54, 1.807) is 19.9 Å². The van der Waals surface area contributed by atoms with Gasteiger partial charge in [-0.1, -0.05) is 31.2 Å². The third-order valence-electron chi connectivity index (χ3n) is 5.73. The first kappa shape index (κ1) is 22.6. The average Bonchev–Trinajstić information content (AvgIpc) is 3.01. The van der Waals surface area contributed by atoms with Crippen molar-refractivity contribution in [3.8, 4) is 11.4 Å². The number of fused-ring (bicyclic) bond motifs is 1. The fourth-order valence-corrected chi connectivity index (χ4v) is 3.79. The maximum atomic E-state index is 14.7. The van der Waals surface area contributed by atoms with E-state index in [0.717, 1.165) is 0 Å². The standard InChI is InChI=1S/C22H25FN6O4/c1-12-13(2)29(27-26-12)17-14(6-5-7-15(17)23)10-24-19(31)16-18(30)20(32)28-8-9-33-11-22(3,4)21(28)25-16/h5-7,30H,8-11H2,1-4H3,(H,24,31). The van der Waals surface area contributed by atoms with Crippen LogP contribution in [0.15, 0.2) is 23.0 Å². The van der Waals surface area contributed by atoms with Gasteiger partial charge in [0.25, 0.3) is 11.5 Å². The summed E-state index contributed by atoms with van der Waals surface area (Å²) in [6.07, 6.45) is 0. The molecule has 10 nitrogen and oxygen atoms in total. The second kappa shape index (κ2) is 8.39. The number of aromatic hydroxyl groups is 1. The number of rotatable bonds is 4. The highest BCUT2D eigenvalue weighted by Gasteiger charge is 2.32. The molecule has 174 valence electrons. The van der Waals surface area contributed by atoms with E-state index in [0.29, 0.717) is 36.0 Å². The molecule has 3 aromatic rings. The van der Waals surface area contributed by atoms with Gasteiger partial charge >= 0.3 is 0 Å². The highest BCUT2D eigenvalue weighted by Crippen LogP contribution is 2.26. The van der Waals surface area contributed by atoms with E-state index in [2.05, 4.69) is 20.6 Å². The number of amides is 1. The predicted octanol–water partition coefficient (Wildman–Crippen LogP) is 1.52. The van der Waals surface area contributed by atoms with E-state index < -0.39 is 28.4 Å². The van der Waals surface area contributed by atoms with Gasteiger partial charge in [0.15, 0.2) is 5.69 Å². The first-order valence-corrected chi connectivity index (χ1v) is 10.5. The van der Waals surface area contributed by atoms with E-state index in [4.69, 9.17) is 4.74 Å². The minimum Gasteiger partial charge on any atom is -0.501 e. The molecule has 0 unspecified atom stereocenters. The summed E-state index contributed by atoms with van der Waals surface area (Å²) in [5.74, 6) is -1.67. The number of carbonyl (C=O) groups is 1. The maximum Gasteiger partial charge on any atom is 0.296 e. The van der Waals surface area contributed by atoms with Crippen molar-refractivity contribution in [3.63, 3.8) is 0 Å². The number of para-hydroxylation sites is 1. The number of carbonyl (C=O) groups excluding carboxylic acids is 1. The highest BCUT2D eigenvalue weighted by molar-refractivity contribution is 5.94. The molecule has 11 heteroatoms. The van der Waals surface area contributed by atoms with Crippen molar-refractivity contribution in [1.82, 2.24) is 29.9 Å². The summed E-state index contributed by atoms with van der Waals surface area (Å²) in [5.41, 5.74) is 0.186. The Bertz CT molecular complexity index is 1300. The lowest BCUT2D eigenvalue weighted by Gasteiger charge is -2.24. The monoisotopic (exact) mass is 456 g/mol. The Morgan fingerprint density at radius 1 is 1.33 bits per heavy atom. The minimum absolute atomic E-state index is 0.0870. The van der Waals surface area contributed by atoms with Gasteiger partial charge in [-0.25, -0.2) is 14.1 Å². The molecular formula is C22H25FN6O4. The number of hydrogen-bond acceptors (Lipinski definition) is 7. The number of benzene rings is 1. The van der Waals surface area contributed by atoms with Gasteiger partial charge in [0.05, 0.1) is 31.1 Å². The van der Waals surface area contributed by atoms with Gasteiger partial charge in [-0.2, -0.15) is 0 Å². The number of halogens is 1. The van der Waals surface area contributed by atoms with Crippen LogP contribution in [0.1, 0.15) is 47.1 Å². The van der Waals surface area contributed by atoms with Crippen LogP contribution >= 0.6 is 0 Å². The molecule has 0 aliphatic carbocycles. The van der Waals surface area contributed by atoms with Crippen LogP contribution in [0.4, 0.5) is 4.39 Å². The number of nitrogens with one attached hydrogen (secondary N) is 1. The topological polar surface area (TPSA) is 124 Å². The lowest BCUT2D eigenvalue weighted by Crippen LogP contribution is -2.36. The summed E-state index contributed by atoms with van der Waals surface area (Å²) in [6, 6.07) is 4.46. The second-order valence-electron chi connectivity index (χ2n) is 8.63. The van der Waals surface area contributed by atoms with Crippen molar-refractivity contribution < 1.29 is 19.0 Å². The summed E-state index contributed by atoms with van der Waals surface area (Å²) >= 11 is 0. The number of nitrogens with zero attached hydrogens (tertiary/aromatic N) is 5. The summed E-state index contributed by atoms with van der Waals surface area (Å²) < 4.78 is 22.9. The normalized spacial score (nSPS) is 15.1. The molecule has 3 heterocycles. The predicted molar refractivity (Wildman–Crippen MR) is 116 cm³/mol. The Morgan fingerprint density at radius 3 is 2.79 bits per heavy atom. The molecule has 1 aromatic carbocycles. The maximum absolute atomic E-state index is 14.7. The van der Waals surface area contributed by atoms with Crippen LogP contribution in [0.2, 0.25) is 0 Å². The molecule has 0 radical (unpaired) electrons. The largest absolute Gasteiger partial charge is 0.501 e. The zero-order valence-corrected chi connectivity index (χ0v) is 18.8. The third kappa shape index (κ3) is 3.99. The van der Waals surface area contributed by atoms with Gasteiger partial charge in [0.2, 0.25) is 5.75 Å². The van der Waals surface area contributed by atoms with E-state index in [1.807, 2.05) is 13.8 Å². The van der Waals surface area contributed by atoms with E-state index in [1.165, 1.54) is 21.4 Å². The molecule has 0 atom stereocenters. The van der Waals surface area contributed by atoms with E-state index >= 15 is 0 Å². The van der Waals surface area contributed by atoms with Crippen molar-refractivity contribution in [2.24, 2.45) is 0 Å². The van der Waals surface area contributed by atoms with E-state index in [9.17, 15) is 19.1 Å². The average molecular weight is 456 g/mol. The molecule has 2 N–H and O–H groups in total. The Kier molecular flexibility index (Phi) is 5.75. The Labute approximate surface area is 189 Å². The first-order valence-electron chi connectivity index (χ1n) is 10.5. The number of hydrogen-bond donors (Lipinski definition) is 2. The molecule has 1 aliphatic heterocycles. The van der Waals surface area contributed by atoms with Crippen LogP contribution in [-0.4, -0.2) is 48.8 Å². The van der Waals surface area contributed by atoms with Crippen molar-refractivity contribution >= 4 is 5.91 Å². The summed E-state index contributed by atoms with van der Waals surface area (Å²) in [7, 11) is 0. The van der Waals surface area contributed by atoms with Gasteiger partial charge in [-0.05, 0) is 19.9 Å². The fourth-order valence-electron chi connectivity index (χ4n) is 3.79. The molecule has 0 saturated heterocycles. The molecule has 0 fully saturated rings. The van der Waals surface area contributed by atoms with E-state index in [-0.39, 0.29) is 24.5 Å². The molecular weight excluding hydrogens is 431 g/mol. The van der Waals surface area contributed by atoms with Crippen molar-refractivity contribution in [2.45, 2.75) is 46.2 Å². The summed E-state index contributed by atoms with van der Waals surface area (Å²) in [6.45, 7) is 7.97. The molecule has 1 amide bonds. The smallest absolute Gasteiger partial charge is 0.296 e. The van der Waals surface area contributed by atoms with Crippen molar-refractivity contribution in [2.75, 3.05) is 13.2 Å². The molecule has 4 rings (SSSR count). The van der Waals surface area contributed by atoms with Crippen LogP contribution in [0.25, 0.3) is 5.69 Å². The highest BCUT2D eigenvalue weighted by atomic mass is 19.1. The minimum atomic E-state index is -0.754. The number of aromatic nitrogens is 5. The van der Waals surface area contributed by atoms with Gasteiger partial charge in [-0.15, -0.1) is 5.10 Å². The molecule has 33 heavy (non-hydrogen) atoms. The second-order valence-corrected chi connectivity index (χ2v) is 8.63. The summed E-state index contributed by atoms with van der Waals surface area (Å²) in [4.78, 5) is 30.0. The van der Waals surface area contributed by atoms with Gasteiger partial charge in [-0.3, -0.25) is 14.2 Å². The van der Waals surface area contributed by atoms with Crippen LogP contribution in [0.5, 0.6) is 5.75 Å². The molecule has 1 aliphatic rings. The van der Waals surface area contributed by atoms with Crippen molar-refractivity contribution in [3.05, 3.63) is 62.8 Å². The quantitative estimate of drug-likeness (QED) is 0.610. The van der Waals surface area contributed by atoms with Crippen molar-refractivity contribution in [1.29, 1.82) is 0 Å². The zero-order valence-electron chi connectivity index (χ0n) is 18.8. The number of ether oxygens (including phenoxy) is 1. The zero-order chi connectivity index (χ0) is 23.9. The molecule has 0 saturated carbocycles. The molecule has 0 spiro atoms. The van der Waals surface area contributed by atoms with Crippen LogP contribution < -0.4 is 10.9 Å². The van der Waals surface area contributed by atoms with Crippen LogP contribution in [-0.2, 0) is 23.2 Å². The number of aryl methyl sites for hydroxylation is 1. The van der Waals surface area contributed by atoms with Gasteiger partial charge in [0.1, 0.15) is 17.3 Å². The summed E-state index contributed by atoms with van der Waals surface area (Å²) in [5, 5.41) is 21.0. The fraction of sp³-hybridized carbons (Fsp3) is 0.409.